The zero-order valence-corrected chi connectivity index (χ0v) is 18.6. The summed E-state index contributed by atoms with van der Waals surface area (Å²) < 4.78 is 63.8. The van der Waals surface area contributed by atoms with Crippen LogP contribution in [0.3, 0.4) is 0 Å². The van der Waals surface area contributed by atoms with Crippen LogP contribution < -0.4 is 10.6 Å². The van der Waals surface area contributed by atoms with E-state index in [1.54, 1.807) is 0 Å². The van der Waals surface area contributed by atoms with E-state index in [2.05, 4.69) is 10.6 Å². The number of aromatic hydroxyl groups is 2. The third kappa shape index (κ3) is 4.72. The molecule has 13 heteroatoms. The number of hydrogen-bond donors (Lipinski definition) is 6. The lowest BCUT2D eigenvalue weighted by Crippen LogP contribution is -2.19. The van der Waals surface area contributed by atoms with Crippen LogP contribution in [0.15, 0.2) is 70.5 Å². The van der Waals surface area contributed by atoms with Gasteiger partial charge in [-0.25, -0.2) is 4.79 Å². The van der Waals surface area contributed by atoms with Crippen molar-refractivity contribution < 1.29 is 40.9 Å². The van der Waals surface area contributed by atoms with Crippen molar-refractivity contribution in [2.24, 2.45) is 0 Å². The van der Waals surface area contributed by atoms with E-state index in [9.17, 15) is 36.4 Å². The Labute approximate surface area is 192 Å². The largest absolute Gasteiger partial charge is 0.507 e. The van der Waals surface area contributed by atoms with Crippen LogP contribution in [-0.4, -0.2) is 42.2 Å². The summed E-state index contributed by atoms with van der Waals surface area (Å²) in [5.41, 5.74) is 0.505. The molecule has 0 saturated carbocycles. The molecule has 0 aliphatic carbocycles. The SMILES string of the molecule is O=C(Nc1ccc2c(O)cc(S(=O)(=O)O)cc2c1)Nc1ccc2cc(S(=O)(=O)O)cc(O)c2c1. The lowest BCUT2D eigenvalue weighted by atomic mass is 10.1. The zero-order chi connectivity index (χ0) is 24.8. The van der Waals surface area contributed by atoms with Crippen LogP contribution in [0.25, 0.3) is 21.5 Å². The summed E-state index contributed by atoms with van der Waals surface area (Å²) in [4.78, 5) is 11.5. The fourth-order valence-corrected chi connectivity index (χ4v) is 4.45. The first kappa shape index (κ1) is 23.3. The summed E-state index contributed by atoms with van der Waals surface area (Å²) in [6, 6.07) is 12.0. The first-order chi connectivity index (χ1) is 15.8. The van der Waals surface area contributed by atoms with Crippen LogP contribution in [0.2, 0.25) is 0 Å². The van der Waals surface area contributed by atoms with Gasteiger partial charge in [0.15, 0.2) is 0 Å². The van der Waals surface area contributed by atoms with Gasteiger partial charge in [0.2, 0.25) is 0 Å². The number of anilines is 2. The minimum atomic E-state index is -4.55. The summed E-state index contributed by atoms with van der Waals surface area (Å²) in [6.07, 6.45) is 0. The number of fused-ring (bicyclic) bond motifs is 2. The molecule has 0 aliphatic heterocycles. The molecule has 0 aliphatic rings. The highest BCUT2D eigenvalue weighted by atomic mass is 32.2. The van der Waals surface area contributed by atoms with E-state index in [-0.39, 0.29) is 27.9 Å². The van der Waals surface area contributed by atoms with Gasteiger partial charge in [-0.05, 0) is 53.2 Å². The van der Waals surface area contributed by atoms with Crippen LogP contribution in [0.1, 0.15) is 0 Å². The van der Waals surface area contributed by atoms with Crippen molar-refractivity contribution in [1.82, 2.24) is 0 Å². The number of amides is 2. The molecule has 176 valence electrons. The van der Waals surface area contributed by atoms with Crippen molar-refractivity contribution in [2.75, 3.05) is 10.6 Å². The Morgan fingerprint density at radius 1 is 0.618 bits per heavy atom. The number of benzene rings is 4. The van der Waals surface area contributed by atoms with Gasteiger partial charge in [0.25, 0.3) is 20.2 Å². The van der Waals surface area contributed by atoms with Crippen molar-refractivity contribution >= 4 is 59.2 Å². The molecule has 0 bridgehead atoms. The average molecular weight is 504 g/mol. The minimum absolute atomic E-state index is 0.226. The van der Waals surface area contributed by atoms with Crippen LogP contribution in [0.4, 0.5) is 16.2 Å². The van der Waals surface area contributed by atoms with Gasteiger partial charge in [0.05, 0.1) is 9.79 Å². The van der Waals surface area contributed by atoms with Gasteiger partial charge in [-0.1, -0.05) is 6.07 Å². The number of urea groups is 1. The van der Waals surface area contributed by atoms with Crippen molar-refractivity contribution in [3.63, 3.8) is 0 Å². The Bertz CT molecular complexity index is 1700. The first-order valence-electron chi connectivity index (χ1n) is 9.38. The summed E-state index contributed by atoms with van der Waals surface area (Å²) in [7, 11) is -9.07. The third-order valence-corrected chi connectivity index (χ3v) is 6.58. The predicted molar refractivity (Wildman–Crippen MR) is 123 cm³/mol. The number of phenolic OH excluding ortho intramolecular Hbond substituents is 2. The van der Waals surface area contributed by atoms with Crippen molar-refractivity contribution in [1.29, 1.82) is 0 Å². The van der Waals surface area contributed by atoms with Gasteiger partial charge < -0.3 is 20.8 Å². The van der Waals surface area contributed by atoms with Gasteiger partial charge in [-0.3, -0.25) is 9.11 Å². The van der Waals surface area contributed by atoms with Gasteiger partial charge in [-0.2, -0.15) is 16.8 Å². The Morgan fingerprint density at radius 3 is 1.71 bits per heavy atom. The van der Waals surface area contributed by atoms with Crippen molar-refractivity contribution in [2.45, 2.75) is 9.79 Å². The molecule has 4 rings (SSSR count). The molecule has 0 saturated heterocycles. The molecule has 6 N–H and O–H groups in total. The number of hydrogen-bond acceptors (Lipinski definition) is 7. The maximum absolute atomic E-state index is 12.4. The second kappa shape index (κ2) is 8.14. The van der Waals surface area contributed by atoms with E-state index in [4.69, 9.17) is 4.55 Å². The van der Waals surface area contributed by atoms with Crippen molar-refractivity contribution in [3.05, 3.63) is 60.7 Å². The van der Waals surface area contributed by atoms with Crippen LogP contribution in [0.5, 0.6) is 11.5 Å². The Kier molecular flexibility index (Phi) is 5.57. The molecule has 4 aromatic carbocycles. The van der Waals surface area contributed by atoms with Crippen LogP contribution in [0, 0.1) is 0 Å². The van der Waals surface area contributed by atoms with E-state index in [1.807, 2.05) is 0 Å². The number of carbonyl (C=O) groups excluding carboxylic acids is 1. The smallest absolute Gasteiger partial charge is 0.323 e. The molecule has 34 heavy (non-hydrogen) atoms. The quantitative estimate of drug-likeness (QED) is 0.226. The molecule has 0 unspecified atom stereocenters. The summed E-state index contributed by atoms with van der Waals surface area (Å²) >= 11 is 0. The molecule has 0 atom stereocenters. The average Bonchev–Trinajstić information content (AvgIpc) is 2.72. The van der Waals surface area contributed by atoms with Crippen molar-refractivity contribution in [3.8, 4) is 11.5 Å². The van der Waals surface area contributed by atoms with E-state index in [0.717, 1.165) is 18.2 Å². The van der Waals surface area contributed by atoms with Gasteiger partial charge in [0.1, 0.15) is 11.5 Å². The second-order valence-corrected chi connectivity index (χ2v) is 10.1. The lowest BCUT2D eigenvalue weighted by Gasteiger charge is -2.11. The minimum Gasteiger partial charge on any atom is -0.507 e. The molecule has 0 radical (unpaired) electrons. The van der Waals surface area contributed by atoms with Crippen LogP contribution in [-0.2, 0) is 20.2 Å². The molecular weight excluding hydrogens is 488 g/mol. The highest BCUT2D eigenvalue weighted by Gasteiger charge is 2.15. The molecule has 0 spiro atoms. The Morgan fingerprint density at radius 2 is 1.12 bits per heavy atom. The first-order valence-corrected chi connectivity index (χ1v) is 12.3. The molecule has 2 amide bonds. The fraction of sp³-hybridized carbons (Fsp3) is 0. The second-order valence-electron chi connectivity index (χ2n) is 7.29. The van der Waals surface area contributed by atoms with E-state index < -0.39 is 41.8 Å². The summed E-state index contributed by atoms with van der Waals surface area (Å²) in [5.74, 6) is -0.785. The number of rotatable bonds is 4. The lowest BCUT2D eigenvalue weighted by molar-refractivity contribution is 0.262. The third-order valence-electron chi connectivity index (χ3n) is 4.92. The number of phenols is 2. The fourth-order valence-electron chi connectivity index (χ4n) is 3.38. The molecule has 11 nitrogen and oxygen atoms in total. The molecular formula is C21H16N2O9S2. The van der Waals surface area contributed by atoms with Gasteiger partial charge in [0, 0.05) is 34.3 Å². The number of carbonyl (C=O) groups is 1. The number of nitrogens with one attached hydrogen (secondary N) is 2. The molecule has 4 aromatic rings. The Balaban J connectivity index is 1.59. The maximum Gasteiger partial charge on any atom is 0.323 e. The molecule has 0 aromatic heterocycles. The predicted octanol–water partition coefficient (Wildman–Crippen LogP) is 3.54. The van der Waals surface area contributed by atoms with E-state index in [0.29, 0.717) is 10.8 Å². The Hall–Kier alpha value is -3.91. The maximum atomic E-state index is 12.4. The topological polar surface area (TPSA) is 190 Å². The van der Waals surface area contributed by atoms with Crippen LogP contribution >= 0.6 is 0 Å². The van der Waals surface area contributed by atoms with Gasteiger partial charge >= 0.3 is 6.03 Å². The zero-order valence-electron chi connectivity index (χ0n) is 16.9. The molecule has 0 heterocycles. The summed E-state index contributed by atoms with van der Waals surface area (Å²) in [6.45, 7) is 0. The standard InChI is InChI=1S/C21H16N2O9S2/c24-19-9-16(34(30,31)32)7-12-5-13(3-4-17(12)19)22-21(26)23-14-2-1-11-6-15(33(27,28)29)10-20(25)18(11)8-14/h1-10,24-25H,(H2,22,23,26)(H,27,28,29)(H,30,31,32). The van der Waals surface area contributed by atoms with E-state index in [1.165, 1.54) is 42.5 Å². The molecule has 0 fully saturated rings. The highest BCUT2D eigenvalue weighted by Crippen LogP contribution is 2.32. The monoisotopic (exact) mass is 504 g/mol. The highest BCUT2D eigenvalue weighted by molar-refractivity contribution is 7.86. The van der Waals surface area contributed by atoms with E-state index >= 15 is 0 Å². The van der Waals surface area contributed by atoms with Gasteiger partial charge in [-0.15, -0.1) is 0 Å². The summed E-state index contributed by atoms with van der Waals surface area (Å²) in [5, 5.41) is 26.3. The normalized spacial score (nSPS) is 12.1.